The van der Waals surface area contributed by atoms with Crippen LogP contribution in [0.2, 0.25) is 0 Å². The number of carboxylic acid groups (broad SMARTS) is 1. The molecule has 1 aromatic heterocycles. The van der Waals surface area contributed by atoms with Gasteiger partial charge in [0.1, 0.15) is 32.8 Å². The van der Waals surface area contributed by atoms with Crippen molar-refractivity contribution in [1.82, 2.24) is 4.57 Å². The summed E-state index contributed by atoms with van der Waals surface area (Å²) < 4.78 is 45.7. The molecule has 0 saturated carbocycles. The number of halogens is 4. The van der Waals surface area contributed by atoms with Crippen LogP contribution < -0.4 is 27.3 Å². The van der Waals surface area contributed by atoms with Gasteiger partial charge in [0.25, 0.3) is 0 Å². The number of aromatic carboxylic acids is 1. The number of carboxylic acids is 1. The molecular formula is C20H19Cl2F2N5O4S. The van der Waals surface area contributed by atoms with Gasteiger partial charge in [-0.3, -0.25) is 15.2 Å². The van der Waals surface area contributed by atoms with Gasteiger partial charge in [0.05, 0.1) is 21.5 Å². The molecule has 0 bridgehead atoms. The second kappa shape index (κ2) is 9.12. The summed E-state index contributed by atoms with van der Waals surface area (Å²) in [6.45, 7) is 0.452. The number of nitrogens with zero attached hydrogens (tertiary/aromatic N) is 2. The monoisotopic (exact) mass is 533 g/mol. The van der Waals surface area contributed by atoms with Crippen molar-refractivity contribution in [3.8, 4) is 5.69 Å². The molecule has 2 aliphatic rings. The van der Waals surface area contributed by atoms with E-state index in [9.17, 15) is 18.9 Å². The standard InChI is InChI=1S/C20H17F2N5O4S.2ClH/c21-13-15(25-24)11-16(14(22)17(13)26-6-5-8(23)7-26)27-9-3-1-2-4-10(9)32(31)19(27)12(18(11)28)20(29)30;;/h1-4,8,25H,5-7,23-24H2,(H,29,30);2*1H. The number of aromatic nitrogens is 1. The van der Waals surface area contributed by atoms with Crippen LogP contribution in [0.15, 0.2) is 39.0 Å². The van der Waals surface area contributed by atoms with Crippen LogP contribution in [0.1, 0.15) is 16.8 Å². The highest BCUT2D eigenvalue weighted by molar-refractivity contribution is 7.85. The summed E-state index contributed by atoms with van der Waals surface area (Å²) in [4.78, 5) is 26.8. The minimum absolute atomic E-state index is 0. The molecule has 0 amide bonds. The number of nitrogens with two attached hydrogens (primary N) is 2. The molecule has 2 atom stereocenters. The van der Waals surface area contributed by atoms with Crippen molar-refractivity contribution in [3.63, 3.8) is 0 Å². The zero-order valence-corrected chi connectivity index (χ0v) is 19.7. The molecule has 6 N–H and O–H groups in total. The molecule has 9 nitrogen and oxygen atoms in total. The molecule has 0 aliphatic carbocycles. The minimum Gasteiger partial charge on any atom is -0.477 e. The first-order chi connectivity index (χ1) is 15.3. The van der Waals surface area contributed by atoms with Crippen molar-refractivity contribution < 1.29 is 22.9 Å². The highest BCUT2D eigenvalue weighted by atomic mass is 35.5. The van der Waals surface area contributed by atoms with Gasteiger partial charge in [0, 0.05) is 19.1 Å². The summed E-state index contributed by atoms with van der Waals surface area (Å²) in [6.07, 6.45) is 0.505. The van der Waals surface area contributed by atoms with Gasteiger partial charge in [0.2, 0.25) is 5.43 Å². The lowest BCUT2D eigenvalue weighted by atomic mass is 10.1. The van der Waals surface area contributed by atoms with Gasteiger partial charge in [0.15, 0.2) is 11.6 Å². The van der Waals surface area contributed by atoms with Crippen molar-refractivity contribution >= 4 is 63.9 Å². The fourth-order valence-corrected chi connectivity index (χ4v) is 5.91. The molecule has 0 radical (unpaired) electrons. The first-order valence-corrected chi connectivity index (χ1v) is 10.8. The molecule has 3 heterocycles. The minimum atomic E-state index is -2.07. The number of hydrazine groups is 1. The third-order valence-electron chi connectivity index (χ3n) is 5.81. The Labute approximate surface area is 206 Å². The van der Waals surface area contributed by atoms with Crippen LogP contribution >= 0.6 is 24.8 Å². The first kappa shape index (κ1) is 25.8. The lowest BCUT2D eigenvalue weighted by molar-refractivity contribution is 0.0690. The highest BCUT2D eigenvalue weighted by Crippen LogP contribution is 2.43. The van der Waals surface area contributed by atoms with E-state index >= 15 is 8.78 Å². The molecule has 2 aliphatic heterocycles. The number of pyridine rings is 1. The van der Waals surface area contributed by atoms with Crippen LogP contribution in [-0.2, 0) is 10.8 Å². The number of nitrogen functional groups attached to an aromatic ring is 1. The summed E-state index contributed by atoms with van der Waals surface area (Å²) >= 11 is 0. The van der Waals surface area contributed by atoms with E-state index in [0.717, 1.165) is 4.57 Å². The van der Waals surface area contributed by atoms with E-state index in [1.165, 1.54) is 17.0 Å². The Morgan fingerprint density at radius 2 is 1.88 bits per heavy atom. The van der Waals surface area contributed by atoms with Gasteiger partial charge >= 0.3 is 5.97 Å². The molecule has 14 heteroatoms. The lowest BCUT2D eigenvalue weighted by Crippen LogP contribution is -2.30. The predicted octanol–water partition coefficient (Wildman–Crippen LogP) is 2.11. The van der Waals surface area contributed by atoms with Crippen molar-refractivity contribution in [2.24, 2.45) is 11.6 Å². The van der Waals surface area contributed by atoms with Crippen molar-refractivity contribution in [2.75, 3.05) is 23.4 Å². The summed E-state index contributed by atoms with van der Waals surface area (Å²) in [6, 6.07) is 5.89. The molecule has 2 unspecified atom stereocenters. The van der Waals surface area contributed by atoms with Crippen LogP contribution in [0.3, 0.4) is 0 Å². The van der Waals surface area contributed by atoms with Crippen LogP contribution in [0.5, 0.6) is 0 Å². The number of para-hydroxylation sites is 1. The molecule has 1 saturated heterocycles. The third-order valence-corrected chi connectivity index (χ3v) is 7.29. The van der Waals surface area contributed by atoms with E-state index < -0.39 is 61.7 Å². The summed E-state index contributed by atoms with van der Waals surface area (Å²) in [5.41, 5.74) is 4.82. The van der Waals surface area contributed by atoms with Crippen LogP contribution in [0.25, 0.3) is 16.6 Å². The second-order valence-electron chi connectivity index (χ2n) is 7.60. The Kier molecular flexibility index (Phi) is 6.93. The Bertz CT molecular complexity index is 1430. The molecular weight excluding hydrogens is 515 g/mol. The van der Waals surface area contributed by atoms with E-state index in [-0.39, 0.29) is 59.6 Å². The number of nitrogens with one attached hydrogen (secondary N) is 1. The van der Waals surface area contributed by atoms with Crippen molar-refractivity contribution in [2.45, 2.75) is 22.4 Å². The van der Waals surface area contributed by atoms with Gasteiger partial charge in [-0.05, 0) is 18.6 Å². The Morgan fingerprint density at radius 1 is 1.21 bits per heavy atom. The number of anilines is 2. The van der Waals surface area contributed by atoms with Gasteiger partial charge in [-0.1, -0.05) is 12.1 Å². The SMILES string of the molecule is Cl.Cl.NNc1c(F)c(N2CCC(N)C2)c(F)c2c1c(=O)c(C(=O)O)c1n2-c2ccccc2S1=O. The number of rotatable bonds is 3. The lowest BCUT2D eigenvalue weighted by Gasteiger charge is -2.24. The molecule has 2 aromatic carbocycles. The summed E-state index contributed by atoms with van der Waals surface area (Å²) in [5, 5.41) is 8.78. The first-order valence-electron chi connectivity index (χ1n) is 9.63. The molecule has 5 rings (SSSR count). The summed E-state index contributed by atoms with van der Waals surface area (Å²) in [7, 11) is -2.07. The van der Waals surface area contributed by atoms with Crippen LogP contribution in [0.4, 0.5) is 20.2 Å². The number of hydrogen-bond donors (Lipinski definition) is 4. The summed E-state index contributed by atoms with van der Waals surface area (Å²) in [5.74, 6) is 1.63. The van der Waals surface area contributed by atoms with Crippen LogP contribution in [0, 0.1) is 11.6 Å². The number of hydrogen-bond acceptors (Lipinski definition) is 7. The quantitative estimate of drug-likeness (QED) is 0.231. The van der Waals surface area contributed by atoms with Crippen molar-refractivity contribution in [3.05, 3.63) is 51.7 Å². The maximum absolute atomic E-state index is 16.0. The van der Waals surface area contributed by atoms with Gasteiger partial charge in [-0.25, -0.2) is 17.8 Å². The van der Waals surface area contributed by atoms with E-state index in [1.807, 2.05) is 0 Å². The van der Waals surface area contributed by atoms with Gasteiger partial charge < -0.3 is 21.2 Å². The molecule has 0 spiro atoms. The fraction of sp³-hybridized carbons (Fsp3) is 0.200. The Balaban J connectivity index is 0.00000162. The smallest absolute Gasteiger partial charge is 0.342 e. The highest BCUT2D eigenvalue weighted by Gasteiger charge is 2.38. The van der Waals surface area contributed by atoms with E-state index in [1.54, 1.807) is 12.1 Å². The van der Waals surface area contributed by atoms with Gasteiger partial charge in [-0.15, -0.1) is 24.8 Å². The zero-order valence-electron chi connectivity index (χ0n) is 17.2. The molecule has 34 heavy (non-hydrogen) atoms. The maximum Gasteiger partial charge on any atom is 0.342 e. The fourth-order valence-electron chi connectivity index (χ4n) is 4.43. The molecule has 3 aromatic rings. The average Bonchev–Trinajstić information content (AvgIpc) is 3.30. The Hall–Kier alpha value is -2.77. The van der Waals surface area contributed by atoms with Crippen molar-refractivity contribution in [1.29, 1.82) is 0 Å². The number of fused-ring (bicyclic) bond motifs is 5. The van der Waals surface area contributed by atoms with E-state index in [4.69, 9.17) is 11.6 Å². The number of benzene rings is 2. The van der Waals surface area contributed by atoms with Crippen LogP contribution in [-0.4, -0.2) is 39.0 Å². The largest absolute Gasteiger partial charge is 0.477 e. The van der Waals surface area contributed by atoms with E-state index in [2.05, 4.69) is 5.43 Å². The normalized spacial score (nSPS) is 18.2. The molecule has 182 valence electrons. The maximum atomic E-state index is 16.0. The van der Waals surface area contributed by atoms with Gasteiger partial charge in [-0.2, -0.15) is 0 Å². The number of carbonyl (C=O) groups is 1. The average molecular weight is 534 g/mol. The molecule has 1 fully saturated rings. The third kappa shape index (κ3) is 3.36. The predicted molar refractivity (Wildman–Crippen MR) is 128 cm³/mol. The Morgan fingerprint density at radius 3 is 2.47 bits per heavy atom. The second-order valence-corrected chi connectivity index (χ2v) is 8.96. The van der Waals surface area contributed by atoms with E-state index in [0.29, 0.717) is 6.42 Å². The topological polar surface area (TPSA) is 144 Å². The zero-order chi connectivity index (χ0) is 22.9.